The molecule has 1 amide bonds. The van der Waals surface area contributed by atoms with Gasteiger partial charge in [0.15, 0.2) is 10.3 Å². The molecule has 0 radical (unpaired) electrons. The molecular formula is C15H17BrN2O4. The number of aryl methyl sites for hydroxylation is 1. The van der Waals surface area contributed by atoms with Crippen LogP contribution in [0.15, 0.2) is 21.2 Å². The van der Waals surface area contributed by atoms with Gasteiger partial charge in [-0.2, -0.15) is 0 Å². The van der Waals surface area contributed by atoms with Gasteiger partial charge in [-0.1, -0.05) is 0 Å². The van der Waals surface area contributed by atoms with Crippen LogP contribution in [0.2, 0.25) is 0 Å². The van der Waals surface area contributed by atoms with Crippen LogP contribution in [0.25, 0.3) is 11.1 Å². The molecular weight excluding hydrogens is 352 g/mol. The van der Waals surface area contributed by atoms with E-state index in [-0.39, 0.29) is 17.8 Å². The molecule has 6 nitrogen and oxygen atoms in total. The normalized spacial score (nSPS) is 16.2. The summed E-state index contributed by atoms with van der Waals surface area (Å²) in [5, 5.41) is 0. The van der Waals surface area contributed by atoms with E-state index in [0.29, 0.717) is 41.9 Å². The van der Waals surface area contributed by atoms with Crippen LogP contribution in [-0.2, 0) is 16.6 Å². The first-order valence-corrected chi connectivity index (χ1v) is 7.92. The van der Waals surface area contributed by atoms with Crippen molar-refractivity contribution < 1.29 is 18.7 Å². The first-order valence-electron chi connectivity index (χ1n) is 7.13. The van der Waals surface area contributed by atoms with E-state index in [9.17, 15) is 9.59 Å². The maximum atomic E-state index is 12.7. The number of hydrogen-bond donors (Lipinski definition) is 0. The lowest BCUT2D eigenvalue weighted by Crippen LogP contribution is -2.41. The number of rotatable bonds is 2. The highest BCUT2D eigenvalue weighted by Gasteiger charge is 2.29. The third-order valence-corrected chi connectivity index (χ3v) is 4.63. The van der Waals surface area contributed by atoms with Gasteiger partial charge in [-0.25, -0.2) is 0 Å². The minimum atomic E-state index is -0.187. The lowest BCUT2D eigenvalue weighted by atomic mass is 9.97. The van der Waals surface area contributed by atoms with Crippen molar-refractivity contribution in [1.82, 2.24) is 9.47 Å². The highest BCUT2D eigenvalue weighted by atomic mass is 79.9. The van der Waals surface area contributed by atoms with Crippen LogP contribution < -0.4 is 0 Å². The number of piperidine rings is 1. The third-order valence-electron chi connectivity index (χ3n) is 4.24. The van der Waals surface area contributed by atoms with Crippen LogP contribution in [0, 0.1) is 5.92 Å². The summed E-state index contributed by atoms with van der Waals surface area (Å²) in [5.41, 5.74) is 2.15. The molecule has 0 aromatic carbocycles. The van der Waals surface area contributed by atoms with Crippen molar-refractivity contribution >= 4 is 38.9 Å². The molecule has 1 fully saturated rings. The first kappa shape index (κ1) is 15.1. The Kier molecular flexibility index (Phi) is 3.99. The van der Waals surface area contributed by atoms with Gasteiger partial charge in [0.25, 0.3) is 5.91 Å². The Bertz CT molecular complexity index is 725. The van der Waals surface area contributed by atoms with Gasteiger partial charge in [-0.15, -0.1) is 0 Å². The van der Waals surface area contributed by atoms with Gasteiger partial charge in [0.1, 0.15) is 5.69 Å². The second-order valence-corrected chi connectivity index (χ2v) is 6.26. The lowest BCUT2D eigenvalue weighted by Gasteiger charge is -2.30. The van der Waals surface area contributed by atoms with Gasteiger partial charge in [-0.3, -0.25) is 9.59 Å². The van der Waals surface area contributed by atoms with E-state index in [0.717, 1.165) is 5.52 Å². The molecule has 0 atom stereocenters. The largest absolute Gasteiger partial charge is 0.469 e. The molecule has 22 heavy (non-hydrogen) atoms. The summed E-state index contributed by atoms with van der Waals surface area (Å²) < 4.78 is 12.7. The first-order chi connectivity index (χ1) is 10.5. The van der Waals surface area contributed by atoms with E-state index in [1.165, 1.54) is 7.11 Å². The zero-order chi connectivity index (χ0) is 15.9. The molecule has 0 unspecified atom stereocenters. The molecule has 3 heterocycles. The van der Waals surface area contributed by atoms with Crippen LogP contribution in [0.4, 0.5) is 0 Å². The Labute approximate surface area is 136 Å². The van der Waals surface area contributed by atoms with Crippen molar-refractivity contribution in [1.29, 1.82) is 0 Å². The molecule has 1 aliphatic heterocycles. The van der Waals surface area contributed by atoms with Crippen molar-refractivity contribution in [2.45, 2.75) is 12.8 Å². The van der Waals surface area contributed by atoms with Gasteiger partial charge < -0.3 is 18.6 Å². The summed E-state index contributed by atoms with van der Waals surface area (Å²) in [6.45, 7) is 1.13. The average molecular weight is 369 g/mol. The fourth-order valence-electron chi connectivity index (χ4n) is 2.93. The van der Waals surface area contributed by atoms with E-state index in [4.69, 9.17) is 9.15 Å². The molecule has 7 heteroatoms. The number of amides is 1. The highest BCUT2D eigenvalue weighted by Crippen LogP contribution is 2.27. The number of likely N-dealkylation sites (tertiary alicyclic amines) is 1. The molecule has 3 rings (SSSR count). The number of methoxy groups -OCH3 is 1. The Hall–Kier alpha value is -1.76. The number of esters is 1. The maximum Gasteiger partial charge on any atom is 0.308 e. The third kappa shape index (κ3) is 2.54. The van der Waals surface area contributed by atoms with Crippen molar-refractivity contribution in [3.63, 3.8) is 0 Å². The molecule has 0 N–H and O–H groups in total. The van der Waals surface area contributed by atoms with Crippen LogP contribution in [0.3, 0.4) is 0 Å². The van der Waals surface area contributed by atoms with E-state index in [1.54, 1.807) is 11.0 Å². The van der Waals surface area contributed by atoms with Crippen molar-refractivity contribution in [2.24, 2.45) is 13.0 Å². The number of fused-ring (bicyclic) bond motifs is 1. The fraction of sp³-hybridized carbons (Fsp3) is 0.467. The van der Waals surface area contributed by atoms with Crippen LogP contribution in [0.1, 0.15) is 23.3 Å². The average Bonchev–Trinajstić information content (AvgIpc) is 3.04. The summed E-state index contributed by atoms with van der Waals surface area (Å²) in [6.07, 6.45) is 1.29. The van der Waals surface area contributed by atoms with E-state index in [1.807, 2.05) is 17.7 Å². The number of nitrogens with zero attached hydrogens (tertiary/aromatic N) is 2. The Morgan fingerprint density at radius 1 is 1.32 bits per heavy atom. The standard InChI is InChI=1S/C15H17BrN2O4/c1-17-10-8-13(16)22-12(10)7-11(17)14(19)18-5-3-9(4-6-18)15(20)21-2/h7-9H,3-6H2,1-2H3. The molecule has 1 aliphatic rings. The Morgan fingerprint density at radius 2 is 2.00 bits per heavy atom. The van der Waals surface area contributed by atoms with Crippen LogP contribution in [-0.4, -0.2) is 41.5 Å². The van der Waals surface area contributed by atoms with Gasteiger partial charge in [-0.05, 0) is 28.8 Å². The highest BCUT2D eigenvalue weighted by molar-refractivity contribution is 9.10. The number of carbonyl (C=O) groups excluding carboxylic acids is 2. The zero-order valence-electron chi connectivity index (χ0n) is 12.5. The summed E-state index contributed by atoms with van der Waals surface area (Å²) in [7, 11) is 3.25. The minimum Gasteiger partial charge on any atom is -0.469 e. The molecule has 1 saturated heterocycles. The Balaban J connectivity index is 1.75. The van der Waals surface area contributed by atoms with Crippen LogP contribution >= 0.6 is 15.9 Å². The molecule has 0 spiro atoms. The fourth-order valence-corrected chi connectivity index (χ4v) is 3.33. The van der Waals surface area contributed by atoms with Crippen LogP contribution in [0.5, 0.6) is 0 Å². The predicted octanol–water partition coefficient (Wildman–Crippen LogP) is 2.56. The summed E-state index contributed by atoms with van der Waals surface area (Å²) in [5.74, 6) is -0.323. The predicted molar refractivity (Wildman–Crippen MR) is 83.5 cm³/mol. The van der Waals surface area contributed by atoms with Crippen molar-refractivity contribution in [3.8, 4) is 0 Å². The van der Waals surface area contributed by atoms with Crippen molar-refractivity contribution in [2.75, 3.05) is 20.2 Å². The number of furan rings is 1. The van der Waals surface area contributed by atoms with Gasteiger partial charge >= 0.3 is 5.97 Å². The molecule has 0 bridgehead atoms. The van der Waals surface area contributed by atoms with Crippen molar-refractivity contribution in [3.05, 3.63) is 22.5 Å². The van der Waals surface area contributed by atoms with E-state index in [2.05, 4.69) is 15.9 Å². The van der Waals surface area contributed by atoms with Gasteiger partial charge in [0.05, 0.1) is 18.5 Å². The second-order valence-electron chi connectivity index (χ2n) is 5.48. The molecule has 2 aromatic heterocycles. The smallest absolute Gasteiger partial charge is 0.308 e. The second kappa shape index (κ2) is 5.79. The van der Waals surface area contributed by atoms with Gasteiger partial charge in [0, 0.05) is 32.3 Å². The quantitative estimate of drug-likeness (QED) is 0.764. The number of hydrogen-bond acceptors (Lipinski definition) is 4. The summed E-state index contributed by atoms with van der Waals surface area (Å²) in [4.78, 5) is 26.0. The maximum absolute atomic E-state index is 12.7. The number of aromatic nitrogens is 1. The number of carbonyl (C=O) groups is 2. The van der Waals surface area contributed by atoms with E-state index >= 15 is 0 Å². The minimum absolute atomic E-state index is 0.0339. The SMILES string of the molecule is COC(=O)C1CCN(C(=O)c2cc3oc(Br)cc3n2C)CC1. The molecule has 0 aliphatic carbocycles. The van der Waals surface area contributed by atoms with E-state index < -0.39 is 0 Å². The lowest BCUT2D eigenvalue weighted by molar-refractivity contribution is -0.146. The van der Waals surface area contributed by atoms with Gasteiger partial charge in [0.2, 0.25) is 0 Å². The summed E-state index contributed by atoms with van der Waals surface area (Å²) >= 11 is 3.28. The molecule has 118 valence electrons. The Morgan fingerprint density at radius 3 is 2.59 bits per heavy atom. The molecule has 0 saturated carbocycles. The molecule has 2 aromatic rings. The number of ether oxygens (including phenoxy) is 1. The zero-order valence-corrected chi connectivity index (χ0v) is 14.1. The monoisotopic (exact) mass is 368 g/mol. The number of halogens is 1. The topological polar surface area (TPSA) is 64.7 Å². The summed E-state index contributed by atoms with van der Waals surface area (Å²) in [6, 6.07) is 3.60.